The maximum absolute atomic E-state index is 12.9. The molecule has 2 aromatic rings. The Kier molecular flexibility index (Phi) is 9.08. The SMILES string of the molecule is CCCNC(=O)C(C)N(Cc1ccc(Cl)c(Cl)c1)C(=O)COc1cccc(Cl)c1. The fourth-order valence-corrected chi connectivity index (χ4v) is 3.10. The van der Waals surface area contributed by atoms with Gasteiger partial charge in [0.05, 0.1) is 10.0 Å². The molecule has 1 unspecified atom stereocenters. The molecule has 2 amide bonds. The van der Waals surface area contributed by atoms with Gasteiger partial charge < -0.3 is 15.0 Å². The molecule has 1 N–H and O–H groups in total. The Hall–Kier alpha value is -1.95. The Labute approximate surface area is 185 Å². The van der Waals surface area contributed by atoms with Gasteiger partial charge in [-0.3, -0.25) is 9.59 Å². The van der Waals surface area contributed by atoms with E-state index in [0.29, 0.717) is 27.4 Å². The summed E-state index contributed by atoms with van der Waals surface area (Å²) in [5, 5.41) is 4.13. The van der Waals surface area contributed by atoms with Crippen LogP contribution < -0.4 is 10.1 Å². The van der Waals surface area contributed by atoms with Crippen molar-refractivity contribution in [3.8, 4) is 5.75 Å². The number of benzene rings is 2. The summed E-state index contributed by atoms with van der Waals surface area (Å²) in [4.78, 5) is 26.8. The maximum atomic E-state index is 12.9. The lowest BCUT2D eigenvalue weighted by atomic mass is 10.1. The molecule has 156 valence electrons. The molecule has 0 bridgehead atoms. The van der Waals surface area contributed by atoms with Crippen LogP contribution in [0.3, 0.4) is 0 Å². The maximum Gasteiger partial charge on any atom is 0.261 e. The minimum atomic E-state index is -0.688. The van der Waals surface area contributed by atoms with Gasteiger partial charge in [-0.1, -0.05) is 53.9 Å². The van der Waals surface area contributed by atoms with Crippen LogP contribution >= 0.6 is 34.8 Å². The number of carbonyl (C=O) groups excluding carboxylic acids is 2. The van der Waals surface area contributed by atoms with Gasteiger partial charge in [-0.15, -0.1) is 0 Å². The summed E-state index contributed by atoms with van der Waals surface area (Å²) in [7, 11) is 0. The van der Waals surface area contributed by atoms with E-state index in [0.717, 1.165) is 12.0 Å². The number of carbonyl (C=O) groups is 2. The van der Waals surface area contributed by atoms with Crippen molar-refractivity contribution in [3.05, 3.63) is 63.1 Å². The molecule has 0 aliphatic rings. The van der Waals surface area contributed by atoms with Crippen molar-refractivity contribution >= 4 is 46.6 Å². The second-order valence-electron chi connectivity index (χ2n) is 6.48. The predicted molar refractivity (Wildman–Crippen MR) is 117 cm³/mol. The minimum Gasteiger partial charge on any atom is -0.484 e. The number of amides is 2. The van der Waals surface area contributed by atoms with Gasteiger partial charge in [-0.2, -0.15) is 0 Å². The molecule has 0 aromatic heterocycles. The van der Waals surface area contributed by atoms with Crippen LogP contribution in [0.4, 0.5) is 0 Å². The first-order valence-electron chi connectivity index (χ1n) is 9.21. The predicted octanol–water partition coefficient (Wildman–Crippen LogP) is 4.97. The second kappa shape index (κ2) is 11.3. The molecule has 0 spiro atoms. The molecule has 0 aliphatic heterocycles. The molecule has 2 rings (SSSR count). The van der Waals surface area contributed by atoms with Gasteiger partial charge in [0.15, 0.2) is 6.61 Å². The van der Waals surface area contributed by atoms with Crippen LogP contribution in [0.25, 0.3) is 0 Å². The van der Waals surface area contributed by atoms with Crippen molar-refractivity contribution in [2.45, 2.75) is 32.9 Å². The van der Waals surface area contributed by atoms with E-state index in [-0.39, 0.29) is 25.0 Å². The zero-order valence-corrected chi connectivity index (χ0v) is 18.5. The molecule has 0 fully saturated rings. The summed E-state index contributed by atoms with van der Waals surface area (Å²) in [6, 6.07) is 11.2. The van der Waals surface area contributed by atoms with Crippen molar-refractivity contribution in [1.29, 1.82) is 0 Å². The Morgan fingerprint density at radius 1 is 1.10 bits per heavy atom. The summed E-state index contributed by atoms with van der Waals surface area (Å²) >= 11 is 18.0. The van der Waals surface area contributed by atoms with Crippen molar-refractivity contribution < 1.29 is 14.3 Å². The van der Waals surface area contributed by atoms with Crippen LogP contribution in [0, 0.1) is 0 Å². The van der Waals surface area contributed by atoms with E-state index in [1.165, 1.54) is 4.90 Å². The molecule has 0 heterocycles. The summed E-state index contributed by atoms with van der Waals surface area (Å²) in [6.45, 7) is 4.14. The van der Waals surface area contributed by atoms with Gasteiger partial charge in [0.2, 0.25) is 5.91 Å². The lowest BCUT2D eigenvalue weighted by Crippen LogP contribution is -2.49. The quantitative estimate of drug-likeness (QED) is 0.578. The van der Waals surface area contributed by atoms with Gasteiger partial charge in [0.25, 0.3) is 5.91 Å². The van der Waals surface area contributed by atoms with Crippen LogP contribution in [0.5, 0.6) is 5.75 Å². The minimum absolute atomic E-state index is 0.190. The van der Waals surface area contributed by atoms with E-state index in [1.807, 2.05) is 6.92 Å². The second-order valence-corrected chi connectivity index (χ2v) is 7.73. The fourth-order valence-electron chi connectivity index (χ4n) is 2.60. The molecular formula is C21H23Cl3N2O3. The molecule has 0 saturated heterocycles. The van der Waals surface area contributed by atoms with Gasteiger partial charge in [-0.05, 0) is 49.2 Å². The molecule has 2 aromatic carbocycles. The third-order valence-corrected chi connectivity index (χ3v) is 5.19. The number of halogens is 3. The van der Waals surface area contributed by atoms with Crippen molar-refractivity contribution in [2.24, 2.45) is 0 Å². The lowest BCUT2D eigenvalue weighted by Gasteiger charge is -2.29. The van der Waals surface area contributed by atoms with Crippen LogP contribution in [-0.4, -0.2) is 35.9 Å². The number of nitrogens with zero attached hydrogens (tertiary/aromatic N) is 1. The largest absolute Gasteiger partial charge is 0.484 e. The van der Waals surface area contributed by atoms with Gasteiger partial charge in [0, 0.05) is 18.1 Å². The van der Waals surface area contributed by atoms with Crippen molar-refractivity contribution in [3.63, 3.8) is 0 Å². The first-order chi connectivity index (χ1) is 13.8. The zero-order valence-electron chi connectivity index (χ0n) is 16.3. The van der Waals surface area contributed by atoms with Gasteiger partial charge >= 0.3 is 0 Å². The summed E-state index contributed by atoms with van der Waals surface area (Å²) in [6.07, 6.45) is 0.803. The molecule has 0 radical (unpaired) electrons. The third kappa shape index (κ3) is 7.11. The van der Waals surface area contributed by atoms with E-state index in [9.17, 15) is 9.59 Å². The normalized spacial score (nSPS) is 11.6. The van der Waals surface area contributed by atoms with E-state index in [2.05, 4.69) is 5.32 Å². The highest BCUT2D eigenvalue weighted by atomic mass is 35.5. The van der Waals surface area contributed by atoms with Crippen LogP contribution in [0.2, 0.25) is 15.1 Å². The fraction of sp³-hybridized carbons (Fsp3) is 0.333. The van der Waals surface area contributed by atoms with E-state index in [1.54, 1.807) is 49.4 Å². The van der Waals surface area contributed by atoms with E-state index < -0.39 is 6.04 Å². The van der Waals surface area contributed by atoms with Crippen molar-refractivity contribution in [1.82, 2.24) is 10.2 Å². The zero-order chi connectivity index (χ0) is 21.4. The highest BCUT2D eigenvalue weighted by Gasteiger charge is 2.26. The van der Waals surface area contributed by atoms with Crippen LogP contribution in [-0.2, 0) is 16.1 Å². The average Bonchev–Trinajstić information content (AvgIpc) is 2.70. The Bertz CT molecular complexity index is 861. The third-order valence-electron chi connectivity index (χ3n) is 4.21. The number of hydrogen-bond acceptors (Lipinski definition) is 3. The number of hydrogen-bond donors (Lipinski definition) is 1. The number of rotatable bonds is 9. The topological polar surface area (TPSA) is 58.6 Å². The Balaban J connectivity index is 2.16. The first kappa shape index (κ1) is 23.3. The van der Waals surface area contributed by atoms with Crippen LogP contribution in [0.15, 0.2) is 42.5 Å². The van der Waals surface area contributed by atoms with Crippen molar-refractivity contribution in [2.75, 3.05) is 13.2 Å². The summed E-state index contributed by atoms with van der Waals surface area (Å²) in [5.41, 5.74) is 0.755. The highest BCUT2D eigenvalue weighted by Crippen LogP contribution is 2.24. The standard InChI is InChI=1S/C21H23Cl3N2O3/c1-3-9-25-21(28)14(2)26(12-15-7-8-18(23)19(24)10-15)20(27)13-29-17-6-4-5-16(22)11-17/h4-8,10-11,14H,3,9,12-13H2,1-2H3,(H,25,28). The van der Waals surface area contributed by atoms with Gasteiger partial charge in [-0.25, -0.2) is 0 Å². The Morgan fingerprint density at radius 2 is 1.86 bits per heavy atom. The molecule has 8 heteroatoms. The van der Waals surface area contributed by atoms with Crippen LogP contribution in [0.1, 0.15) is 25.8 Å². The average molecular weight is 458 g/mol. The molecule has 5 nitrogen and oxygen atoms in total. The summed E-state index contributed by atoms with van der Waals surface area (Å²) < 4.78 is 5.57. The molecule has 29 heavy (non-hydrogen) atoms. The molecule has 0 saturated carbocycles. The number of nitrogens with one attached hydrogen (secondary N) is 1. The smallest absolute Gasteiger partial charge is 0.261 e. The lowest BCUT2D eigenvalue weighted by molar-refractivity contribution is -0.142. The molecule has 0 aliphatic carbocycles. The first-order valence-corrected chi connectivity index (χ1v) is 10.3. The summed E-state index contributed by atoms with van der Waals surface area (Å²) in [5.74, 6) is -0.0957. The highest BCUT2D eigenvalue weighted by molar-refractivity contribution is 6.42. The monoisotopic (exact) mass is 456 g/mol. The molecule has 1 atom stereocenters. The Morgan fingerprint density at radius 3 is 2.52 bits per heavy atom. The van der Waals surface area contributed by atoms with Gasteiger partial charge in [0.1, 0.15) is 11.8 Å². The molecular weight excluding hydrogens is 435 g/mol. The van der Waals surface area contributed by atoms with E-state index >= 15 is 0 Å². The number of ether oxygens (including phenoxy) is 1. The van der Waals surface area contributed by atoms with E-state index in [4.69, 9.17) is 39.5 Å².